The fourth-order valence-electron chi connectivity index (χ4n) is 15.5. The number of hydrogen-bond acceptors (Lipinski definition) is 28. The number of anilines is 2. The predicted molar refractivity (Wildman–Crippen MR) is 430 cm³/mol. The molecule has 7 heterocycles. The minimum atomic E-state index is -2.48. The van der Waals surface area contributed by atoms with Gasteiger partial charge in [-0.2, -0.15) is 10.1 Å². The van der Waals surface area contributed by atoms with E-state index in [1.165, 1.54) is 17.3 Å². The van der Waals surface area contributed by atoms with Crippen LogP contribution in [0.15, 0.2) is 82.7 Å². The lowest BCUT2D eigenvalue weighted by Crippen LogP contribution is -2.61. The highest BCUT2D eigenvalue weighted by atomic mass is 16.6. The highest BCUT2D eigenvalue weighted by Crippen LogP contribution is 2.39. The molecule has 1 aliphatic carbocycles. The van der Waals surface area contributed by atoms with Gasteiger partial charge >= 0.3 is 5.97 Å². The predicted octanol–water partition coefficient (Wildman–Crippen LogP) is 7.69. The number of carbonyl (C=O) groups excluding carboxylic acids is 6. The first-order chi connectivity index (χ1) is 55.8. The number of benzene rings is 1. The van der Waals surface area contributed by atoms with Crippen LogP contribution in [0.5, 0.6) is 0 Å². The van der Waals surface area contributed by atoms with Gasteiger partial charge in [0.15, 0.2) is 17.0 Å². The van der Waals surface area contributed by atoms with Crippen molar-refractivity contribution in [2.75, 3.05) is 104 Å². The normalized spacial score (nSPS) is 27.2. The van der Waals surface area contributed by atoms with E-state index in [1.54, 1.807) is 50.2 Å². The third kappa shape index (κ3) is 27.0. The zero-order valence-electron chi connectivity index (χ0n) is 68.8. The maximum atomic E-state index is 14.7. The lowest BCUT2D eigenvalue weighted by atomic mass is 9.78. The number of aliphatic hydroxyl groups excluding tert-OH is 3. The van der Waals surface area contributed by atoms with Crippen LogP contribution >= 0.6 is 0 Å². The zero-order valence-corrected chi connectivity index (χ0v) is 68.8. The number of nitrogens with zero attached hydrogens (tertiary/aromatic N) is 9. The third-order valence-electron chi connectivity index (χ3n) is 22.5. The Labute approximate surface area is 679 Å². The average molecular weight is 1620 g/mol. The topological polar surface area (TPSA) is 434 Å². The number of aromatic nitrogens is 8. The van der Waals surface area contributed by atoms with Crippen molar-refractivity contribution < 1.29 is 96.2 Å². The molecule has 9 N–H and O–H groups in total. The number of rotatable bonds is 34. The zero-order chi connectivity index (χ0) is 83.3. The summed E-state index contributed by atoms with van der Waals surface area (Å²) in [4.78, 5) is 97.9. The average Bonchev–Trinajstić information content (AvgIpc) is 1.54. The molecule has 3 fully saturated rings. The Morgan fingerprint density at radius 1 is 0.784 bits per heavy atom. The van der Waals surface area contributed by atoms with Crippen LogP contribution in [0.25, 0.3) is 33.4 Å². The lowest BCUT2D eigenvalue weighted by Gasteiger charge is -2.42. The molecule has 2 bridgehead atoms. The van der Waals surface area contributed by atoms with Crippen molar-refractivity contribution in [2.45, 2.75) is 232 Å². The number of aryl methyl sites for hydroxylation is 2. The second-order valence-electron chi connectivity index (χ2n) is 31.6. The number of unbranched alkanes of at least 4 members (excludes halogenated alkanes) is 2. The number of amides is 2. The smallest absolute Gasteiger partial charge is 0.329 e. The number of fused-ring (bicyclic) bond motifs is 5. The number of Topliss-reactive ketones (excluding diaryl/α,β-unsaturated/α-hetero) is 3. The third-order valence-corrected chi connectivity index (χ3v) is 22.5. The van der Waals surface area contributed by atoms with Gasteiger partial charge in [0.05, 0.1) is 108 Å². The molecule has 4 aromatic heterocycles. The van der Waals surface area contributed by atoms with E-state index < -0.39 is 95.6 Å². The summed E-state index contributed by atoms with van der Waals surface area (Å²) in [6.07, 6.45) is 16.1. The Bertz CT molecular complexity index is 4100. The van der Waals surface area contributed by atoms with Gasteiger partial charge in [-0.1, -0.05) is 76.3 Å². The van der Waals surface area contributed by atoms with E-state index in [0.717, 1.165) is 42.5 Å². The van der Waals surface area contributed by atoms with E-state index in [4.69, 9.17) is 63.6 Å². The molecule has 2 saturated heterocycles. The van der Waals surface area contributed by atoms with Crippen LogP contribution in [-0.4, -0.2) is 248 Å². The van der Waals surface area contributed by atoms with Crippen molar-refractivity contribution in [3.63, 3.8) is 0 Å². The van der Waals surface area contributed by atoms with E-state index in [1.807, 2.05) is 69.5 Å². The molecule has 5 aromatic rings. The molecule has 640 valence electrons. The summed E-state index contributed by atoms with van der Waals surface area (Å²) in [5.74, 6) is -8.92. The van der Waals surface area contributed by atoms with Crippen molar-refractivity contribution in [1.82, 2.24) is 49.9 Å². The van der Waals surface area contributed by atoms with E-state index in [9.17, 15) is 49.2 Å². The van der Waals surface area contributed by atoms with Crippen molar-refractivity contribution in [3.05, 3.63) is 84.0 Å². The van der Waals surface area contributed by atoms with Crippen LogP contribution in [0.2, 0.25) is 0 Å². The molecule has 2 amide bonds. The first kappa shape index (κ1) is 91.8. The van der Waals surface area contributed by atoms with Crippen molar-refractivity contribution in [3.8, 4) is 11.3 Å². The number of hydrogen-bond donors (Lipinski definition) is 7. The van der Waals surface area contributed by atoms with Crippen LogP contribution < -0.4 is 16.8 Å². The first-order valence-electron chi connectivity index (χ1n) is 41.4. The van der Waals surface area contributed by atoms with Gasteiger partial charge in [-0.25, -0.2) is 24.1 Å². The number of nitrogen functional groups attached to an aromatic ring is 2. The van der Waals surface area contributed by atoms with E-state index >= 15 is 0 Å². The van der Waals surface area contributed by atoms with Gasteiger partial charge in [-0.3, -0.25) is 24.0 Å². The largest absolute Gasteiger partial charge is 0.460 e. The number of ketones is 3. The number of piperidine rings is 1. The van der Waals surface area contributed by atoms with Gasteiger partial charge in [-0.05, 0) is 157 Å². The minimum absolute atomic E-state index is 0.0330. The number of aliphatic hydroxyl groups is 4. The maximum Gasteiger partial charge on any atom is 0.329 e. The molecule has 0 radical (unpaired) electrons. The fourth-order valence-corrected chi connectivity index (χ4v) is 15.5. The Balaban J connectivity index is 0.626. The van der Waals surface area contributed by atoms with Crippen LogP contribution in [0.4, 0.5) is 11.8 Å². The summed E-state index contributed by atoms with van der Waals surface area (Å²) in [6.45, 7) is 18.2. The van der Waals surface area contributed by atoms with Crippen molar-refractivity contribution in [2.24, 2.45) is 35.5 Å². The molecular weight excluding hydrogens is 1500 g/mol. The highest BCUT2D eigenvalue weighted by molar-refractivity contribution is 6.39. The van der Waals surface area contributed by atoms with Gasteiger partial charge in [-0.15, -0.1) is 5.10 Å². The number of carbonyl (C=O) groups is 6. The molecule has 0 spiro atoms. The summed E-state index contributed by atoms with van der Waals surface area (Å²) in [5, 5.41) is 63.1. The SMILES string of the molecule is CO[C@H]1C[C@@H]2CC[C@@H](C)[C@@](O)(O2)C(=O)C(=O)N2CCCC[C@H]2C(=O)O[C@H]([C@H](C)C[C@@H]2CC[C@@H](OCCCCc3cn(CCOCCOCCOCCOCCOCCC(=O)NCCCCn4nc(-c5ccc6oc(N)nc6c5)c5c(N)ncnc54)nn3)[C@H](O)C2)CC(=O)[C@H](C)/C=C(\C)[C@@H](O)[C@@H](O)C(=O)[C@H](C)C[C@H](C)/C=C/C=CC=C1C. The van der Waals surface area contributed by atoms with Crippen molar-refractivity contribution in [1.29, 1.82) is 0 Å². The van der Waals surface area contributed by atoms with Crippen LogP contribution in [0, 0.1) is 35.5 Å². The summed E-state index contributed by atoms with van der Waals surface area (Å²) < 4.78 is 61.8. The summed E-state index contributed by atoms with van der Waals surface area (Å²) in [7, 11) is 1.56. The van der Waals surface area contributed by atoms with Crippen molar-refractivity contribution >= 4 is 69.1 Å². The Morgan fingerprint density at radius 3 is 2.25 bits per heavy atom. The molecule has 0 unspecified atom stereocenters. The number of nitrogens with two attached hydrogens (primary N) is 2. The van der Waals surface area contributed by atoms with Gasteiger partial charge in [0.25, 0.3) is 17.7 Å². The number of cyclic esters (lactones) is 1. The Hall–Kier alpha value is -8.12. The van der Waals surface area contributed by atoms with E-state index in [2.05, 4.69) is 30.6 Å². The second-order valence-corrected chi connectivity index (χ2v) is 31.6. The fraction of sp³-hybridized carbons (Fsp3) is 0.667. The van der Waals surface area contributed by atoms with E-state index in [0.29, 0.717) is 184 Å². The number of esters is 1. The molecular formula is C84H124N12O20. The van der Waals surface area contributed by atoms with Crippen LogP contribution in [0.1, 0.15) is 163 Å². The monoisotopic (exact) mass is 1620 g/mol. The Morgan fingerprint density at radius 2 is 1.52 bits per heavy atom. The highest BCUT2D eigenvalue weighted by Gasteiger charge is 2.53. The molecule has 116 heavy (non-hydrogen) atoms. The molecule has 1 saturated carbocycles. The molecule has 9 rings (SSSR count). The molecule has 3 aliphatic heterocycles. The number of methoxy groups -OCH3 is 1. The lowest BCUT2D eigenvalue weighted by molar-refractivity contribution is -0.265. The summed E-state index contributed by atoms with van der Waals surface area (Å²) in [5.41, 5.74) is 17.1. The summed E-state index contributed by atoms with van der Waals surface area (Å²) >= 11 is 0. The quantitative estimate of drug-likeness (QED) is 0.00897. The standard InChI is InChI=1S/C84H124N12O20/c1-53-18-10-9-11-19-54(2)70(107-8)49-63-25-22-59(7)84(106,116-63)78(103)81(104)95-30-15-12-21-65(95)82(105)114-71(50-66(97)55(3)45-58(6)76(101)77(102)75(100)57(5)44-53)56(4)46-60-23-26-69(67(98)47-60)113-33-17-13-20-62-51-94(93-91-62)32-35-109-37-39-111-41-43-112-42-40-110-38-36-108-34-28-72(99)87-29-14-16-31-96-80-73(79(85)88-52-89-80)74(92-96)61-24-27-68-64(48-61)90-83(86)115-68/h9-11,18-19,24,27,45,48,51-53,55-57,59-60,63,65,67,69-71,76-77,98,101-102,106H,12-17,20-23,25-26,28-44,46-47,49-50H2,1-8H3,(H2,86,90)(H,87,99)(H2,85,88,89)/b11-9?,18-10+,54-19?,58-45+/t53-,55-,56-,57-,59-,60+,63+,65+,67-,69-,70+,71+,76-,77+,84-/m1/s1. The Kier molecular flexibility index (Phi) is 36.6. The van der Waals surface area contributed by atoms with E-state index in [-0.39, 0.29) is 80.1 Å². The number of oxazole rings is 1. The molecule has 1 aromatic carbocycles. The number of nitrogens with one attached hydrogen (secondary N) is 1. The molecule has 15 atom stereocenters. The number of ether oxygens (including phenoxy) is 9. The molecule has 32 heteroatoms. The minimum Gasteiger partial charge on any atom is -0.460 e. The summed E-state index contributed by atoms with van der Waals surface area (Å²) in [6, 6.07) is 4.36. The second kappa shape index (κ2) is 46.3. The van der Waals surface area contributed by atoms with Crippen LogP contribution in [0.3, 0.4) is 0 Å². The maximum absolute atomic E-state index is 14.7. The van der Waals surface area contributed by atoms with Gasteiger partial charge in [0.2, 0.25) is 11.7 Å². The van der Waals surface area contributed by atoms with Gasteiger partial charge in [0, 0.05) is 82.1 Å². The number of allylic oxidation sites excluding steroid dienone is 6. The van der Waals surface area contributed by atoms with Crippen LogP contribution in [-0.2, 0) is 90.9 Å². The van der Waals surface area contributed by atoms with Gasteiger partial charge < -0.3 is 89.2 Å². The molecule has 4 aliphatic rings. The van der Waals surface area contributed by atoms with Gasteiger partial charge in [0.1, 0.15) is 53.5 Å². The first-order valence-corrected chi connectivity index (χ1v) is 41.4. The molecule has 32 nitrogen and oxygen atoms in total.